The van der Waals surface area contributed by atoms with Crippen molar-refractivity contribution in [3.8, 4) is 11.5 Å². The first-order chi connectivity index (χ1) is 17.4. The maximum absolute atomic E-state index is 13.0. The van der Waals surface area contributed by atoms with E-state index in [0.29, 0.717) is 30.0 Å². The molecule has 0 spiro atoms. The molecule has 2 N–H and O–H groups in total. The van der Waals surface area contributed by atoms with Gasteiger partial charge in [0, 0.05) is 37.2 Å². The van der Waals surface area contributed by atoms with Gasteiger partial charge >= 0.3 is 0 Å². The van der Waals surface area contributed by atoms with Crippen LogP contribution in [0.1, 0.15) is 40.3 Å². The van der Waals surface area contributed by atoms with Gasteiger partial charge in [0.25, 0.3) is 5.91 Å². The van der Waals surface area contributed by atoms with E-state index in [0.717, 1.165) is 28.3 Å². The van der Waals surface area contributed by atoms with Gasteiger partial charge < -0.3 is 20.1 Å². The molecule has 0 radical (unpaired) electrons. The van der Waals surface area contributed by atoms with E-state index in [1.165, 1.54) is 6.33 Å². The molecule has 1 unspecified atom stereocenters. The third-order valence-corrected chi connectivity index (χ3v) is 6.38. The Hall–Kier alpha value is -4.60. The molecule has 3 heterocycles. The second-order valence-electron chi connectivity index (χ2n) is 8.74. The Morgan fingerprint density at radius 2 is 1.97 bits per heavy atom. The zero-order chi connectivity index (χ0) is 25.2. The maximum Gasteiger partial charge on any atom is 0.251 e. The van der Waals surface area contributed by atoms with Gasteiger partial charge in [0.2, 0.25) is 5.91 Å². The number of likely N-dealkylation sites (N-methyl/N-ethyl adjacent to an activating group) is 1. The van der Waals surface area contributed by atoms with E-state index in [-0.39, 0.29) is 17.9 Å². The van der Waals surface area contributed by atoms with Gasteiger partial charge in [-0.25, -0.2) is 9.97 Å². The Labute approximate surface area is 208 Å². The molecule has 2 amide bonds. The van der Waals surface area contributed by atoms with Crippen LogP contribution in [0.2, 0.25) is 0 Å². The van der Waals surface area contributed by atoms with Crippen molar-refractivity contribution < 1.29 is 9.59 Å². The van der Waals surface area contributed by atoms with Gasteiger partial charge in [0.1, 0.15) is 12.0 Å². The van der Waals surface area contributed by atoms with Gasteiger partial charge in [-0.05, 0) is 48.4 Å². The SMILES string of the molecule is CC(NC(=O)c1cccc(NCc2nnc(-c3ccncn3)n2C)c1)c1ccc2c(c1)CC(=O)N2C. The van der Waals surface area contributed by atoms with E-state index in [9.17, 15) is 9.59 Å². The number of hydrogen-bond donors (Lipinski definition) is 2. The fourth-order valence-corrected chi connectivity index (χ4v) is 4.24. The van der Waals surface area contributed by atoms with Crippen molar-refractivity contribution in [2.45, 2.75) is 25.9 Å². The predicted octanol–water partition coefficient (Wildman–Crippen LogP) is 2.89. The fourth-order valence-electron chi connectivity index (χ4n) is 4.24. The summed E-state index contributed by atoms with van der Waals surface area (Å²) in [5.74, 6) is 1.28. The standard InChI is InChI=1S/C26H26N8O2/c1-16(17-7-8-22-19(11-17)13-24(35)33(22)2)30-26(36)18-5-4-6-20(12-18)28-14-23-31-32-25(34(23)3)21-9-10-27-15-29-21/h4-12,15-16,28H,13-14H2,1-3H3,(H,30,36). The van der Waals surface area contributed by atoms with Crippen LogP contribution in [0.25, 0.3) is 11.5 Å². The molecule has 5 rings (SSSR count). The molecule has 10 heteroatoms. The summed E-state index contributed by atoms with van der Waals surface area (Å²) in [6.45, 7) is 2.36. The molecule has 10 nitrogen and oxygen atoms in total. The number of amides is 2. The van der Waals surface area contributed by atoms with Crippen LogP contribution >= 0.6 is 0 Å². The molecule has 2 aromatic heterocycles. The van der Waals surface area contributed by atoms with Crippen molar-refractivity contribution in [3.63, 3.8) is 0 Å². The third-order valence-electron chi connectivity index (χ3n) is 6.38. The van der Waals surface area contributed by atoms with E-state index >= 15 is 0 Å². The van der Waals surface area contributed by atoms with Gasteiger partial charge in [0.15, 0.2) is 11.6 Å². The van der Waals surface area contributed by atoms with Gasteiger partial charge in [-0.2, -0.15) is 0 Å². The van der Waals surface area contributed by atoms with Crippen molar-refractivity contribution in [1.29, 1.82) is 0 Å². The Bertz CT molecular complexity index is 1430. The molecule has 1 aliphatic rings. The monoisotopic (exact) mass is 482 g/mol. The second kappa shape index (κ2) is 9.57. The first kappa shape index (κ1) is 23.2. The summed E-state index contributed by atoms with van der Waals surface area (Å²) in [5.41, 5.74) is 4.90. The molecule has 182 valence electrons. The highest BCUT2D eigenvalue weighted by Crippen LogP contribution is 2.30. The lowest BCUT2D eigenvalue weighted by Gasteiger charge is -2.17. The number of nitrogens with one attached hydrogen (secondary N) is 2. The molecule has 0 saturated carbocycles. The predicted molar refractivity (Wildman–Crippen MR) is 135 cm³/mol. The summed E-state index contributed by atoms with van der Waals surface area (Å²) >= 11 is 0. The summed E-state index contributed by atoms with van der Waals surface area (Å²) in [5, 5.41) is 14.9. The summed E-state index contributed by atoms with van der Waals surface area (Å²) in [6, 6.07) is 14.8. The Morgan fingerprint density at radius 1 is 1.11 bits per heavy atom. The minimum atomic E-state index is -0.209. The number of fused-ring (bicyclic) bond motifs is 1. The van der Waals surface area contributed by atoms with E-state index in [2.05, 4.69) is 30.8 Å². The molecule has 1 aliphatic heterocycles. The molecule has 0 aliphatic carbocycles. The van der Waals surface area contributed by atoms with Crippen LogP contribution in [0.4, 0.5) is 11.4 Å². The quantitative estimate of drug-likeness (QED) is 0.416. The van der Waals surface area contributed by atoms with Crippen LogP contribution in [0, 0.1) is 0 Å². The highest BCUT2D eigenvalue weighted by molar-refractivity contribution is 6.01. The topological polar surface area (TPSA) is 118 Å². The molecule has 2 aromatic carbocycles. The lowest BCUT2D eigenvalue weighted by molar-refractivity contribution is -0.117. The fraction of sp³-hybridized carbons (Fsp3) is 0.231. The number of hydrogen-bond acceptors (Lipinski definition) is 7. The molecule has 4 aromatic rings. The minimum absolute atomic E-state index is 0.0785. The van der Waals surface area contributed by atoms with E-state index in [4.69, 9.17) is 0 Å². The minimum Gasteiger partial charge on any atom is -0.378 e. The van der Waals surface area contributed by atoms with Crippen LogP contribution in [0.15, 0.2) is 61.1 Å². The third kappa shape index (κ3) is 4.52. The maximum atomic E-state index is 13.0. The number of anilines is 2. The molecular weight excluding hydrogens is 456 g/mol. The smallest absolute Gasteiger partial charge is 0.251 e. The zero-order valence-electron chi connectivity index (χ0n) is 20.3. The summed E-state index contributed by atoms with van der Waals surface area (Å²) in [4.78, 5) is 34.8. The Morgan fingerprint density at radius 3 is 2.78 bits per heavy atom. The van der Waals surface area contributed by atoms with E-state index in [1.54, 1.807) is 36.3 Å². The van der Waals surface area contributed by atoms with Gasteiger partial charge in [-0.15, -0.1) is 10.2 Å². The van der Waals surface area contributed by atoms with Crippen molar-refractivity contribution in [3.05, 3.63) is 83.6 Å². The summed E-state index contributed by atoms with van der Waals surface area (Å²) in [7, 11) is 3.66. The molecular formula is C26H26N8O2. The zero-order valence-corrected chi connectivity index (χ0v) is 20.3. The first-order valence-electron chi connectivity index (χ1n) is 11.6. The van der Waals surface area contributed by atoms with E-state index in [1.807, 2.05) is 48.9 Å². The van der Waals surface area contributed by atoms with Crippen molar-refractivity contribution in [2.24, 2.45) is 7.05 Å². The number of benzene rings is 2. The van der Waals surface area contributed by atoms with Crippen LogP contribution in [-0.4, -0.2) is 43.6 Å². The van der Waals surface area contributed by atoms with Gasteiger partial charge in [0.05, 0.1) is 19.0 Å². The molecule has 0 fully saturated rings. The second-order valence-corrected chi connectivity index (χ2v) is 8.74. The van der Waals surface area contributed by atoms with Crippen LogP contribution in [0.3, 0.4) is 0 Å². The van der Waals surface area contributed by atoms with Crippen LogP contribution in [-0.2, 0) is 24.8 Å². The van der Waals surface area contributed by atoms with Crippen molar-refractivity contribution in [2.75, 3.05) is 17.3 Å². The van der Waals surface area contributed by atoms with Crippen molar-refractivity contribution >= 4 is 23.2 Å². The van der Waals surface area contributed by atoms with Crippen LogP contribution in [0.5, 0.6) is 0 Å². The normalized spacial score (nSPS) is 13.4. The van der Waals surface area contributed by atoms with Gasteiger partial charge in [-0.1, -0.05) is 18.2 Å². The number of carbonyl (C=O) groups excluding carboxylic acids is 2. The number of nitrogens with zero attached hydrogens (tertiary/aromatic N) is 6. The average molecular weight is 483 g/mol. The van der Waals surface area contributed by atoms with Gasteiger partial charge in [-0.3, -0.25) is 9.59 Å². The molecule has 1 atom stereocenters. The Kier molecular flexibility index (Phi) is 6.16. The van der Waals surface area contributed by atoms with Crippen molar-refractivity contribution in [1.82, 2.24) is 30.0 Å². The lowest BCUT2D eigenvalue weighted by atomic mass is 10.0. The largest absolute Gasteiger partial charge is 0.378 e. The number of rotatable bonds is 7. The molecule has 0 saturated heterocycles. The lowest BCUT2D eigenvalue weighted by Crippen LogP contribution is -2.26. The highest BCUT2D eigenvalue weighted by Gasteiger charge is 2.25. The number of aromatic nitrogens is 5. The van der Waals surface area contributed by atoms with Crippen LogP contribution < -0.4 is 15.5 Å². The Balaban J connectivity index is 1.23. The van der Waals surface area contributed by atoms with E-state index < -0.39 is 0 Å². The summed E-state index contributed by atoms with van der Waals surface area (Å²) < 4.78 is 1.87. The molecule has 0 bridgehead atoms. The first-order valence-corrected chi connectivity index (χ1v) is 11.6. The summed E-state index contributed by atoms with van der Waals surface area (Å²) in [6.07, 6.45) is 3.53. The average Bonchev–Trinajstić information content (AvgIpc) is 3.41. The highest BCUT2D eigenvalue weighted by atomic mass is 16.2. The molecule has 36 heavy (non-hydrogen) atoms. The number of carbonyl (C=O) groups is 2.